The van der Waals surface area contributed by atoms with Crippen molar-refractivity contribution in [2.75, 3.05) is 14.2 Å². The molecular formula is C24H17NO2. The molecule has 27 heavy (non-hydrogen) atoms. The van der Waals surface area contributed by atoms with E-state index in [2.05, 4.69) is 65.1 Å². The van der Waals surface area contributed by atoms with Gasteiger partial charge in [0.15, 0.2) is 0 Å². The van der Waals surface area contributed by atoms with E-state index in [1.165, 1.54) is 48.9 Å². The van der Waals surface area contributed by atoms with Crippen LogP contribution in [0.5, 0.6) is 11.5 Å². The van der Waals surface area contributed by atoms with E-state index in [9.17, 15) is 0 Å². The smallest absolute Gasteiger partial charge is 0.128 e. The molecule has 2 aromatic heterocycles. The van der Waals surface area contributed by atoms with Gasteiger partial charge in [0.2, 0.25) is 0 Å². The molecule has 0 spiro atoms. The summed E-state index contributed by atoms with van der Waals surface area (Å²) < 4.78 is 13.5. The molecule has 3 nitrogen and oxygen atoms in total. The van der Waals surface area contributed by atoms with E-state index in [-0.39, 0.29) is 0 Å². The molecule has 0 fully saturated rings. The Balaban J connectivity index is 1.92. The minimum absolute atomic E-state index is 0.877. The predicted molar refractivity (Wildman–Crippen MR) is 112 cm³/mol. The van der Waals surface area contributed by atoms with Crippen LogP contribution in [0.2, 0.25) is 0 Å². The lowest BCUT2D eigenvalue weighted by atomic mass is 10.0. The van der Waals surface area contributed by atoms with Crippen molar-refractivity contribution < 1.29 is 9.47 Å². The Morgan fingerprint density at radius 3 is 2.41 bits per heavy atom. The van der Waals surface area contributed by atoms with Gasteiger partial charge in [0.05, 0.1) is 36.2 Å². The molecule has 0 radical (unpaired) electrons. The maximum Gasteiger partial charge on any atom is 0.128 e. The summed E-state index contributed by atoms with van der Waals surface area (Å²) in [5, 5.41) is 7.33. The third-order valence-corrected chi connectivity index (χ3v) is 5.69. The maximum atomic E-state index is 5.71. The standard InChI is InChI=1S/C24H17NO2/c1-26-16-8-7-14-12-19-17-9-10-22(27-2)23-18-5-3-4-6-20(18)25(24(17)23)21(19)13-15(14)11-16/h3-13H,1-2H3. The van der Waals surface area contributed by atoms with Gasteiger partial charge in [0, 0.05) is 16.2 Å². The van der Waals surface area contributed by atoms with Crippen molar-refractivity contribution in [3.63, 3.8) is 0 Å². The largest absolute Gasteiger partial charge is 0.497 e. The van der Waals surface area contributed by atoms with Crippen molar-refractivity contribution in [3.8, 4) is 11.5 Å². The summed E-state index contributed by atoms with van der Waals surface area (Å²) in [6.45, 7) is 0. The van der Waals surface area contributed by atoms with E-state index in [0.29, 0.717) is 0 Å². The van der Waals surface area contributed by atoms with E-state index in [1.807, 2.05) is 6.07 Å². The van der Waals surface area contributed by atoms with Crippen LogP contribution in [-0.2, 0) is 0 Å². The monoisotopic (exact) mass is 351 g/mol. The molecule has 130 valence electrons. The normalized spacial score (nSPS) is 12.1. The summed E-state index contributed by atoms with van der Waals surface area (Å²) in [5.74, 6) is 1.80. The summed E-state index contributed by atoms with van der Waals surface area (Å²) in [5.41, 5.74) is 3.65. The first-order valence-electron chi connectivity index (χ1n) is 9.03. The molecule has 0 unspecified atom stereocenters. The molecule has 2 heterocycles. The first-order valence-corrected chi connectivity index (χ1v) is 9.03. The molecule has 3 heteroatoms. The summed E-state index contributed by atoms with van der Waals surface area (Å²) in [4.78, 5) is 0. The van der Waals surface area contributed by atoms with Gasteiger partial charge in [-0.2, -0.15) is 0 Å². The maximum absolute atomic E-state index is 5.71. The highest BCUT2D eigenvalue weighted by molar-refractivity contribution is 6.26. The van der Waals surface area contributed by atoms with Crippen molar-refractivity contribution in [2.24, 2.45) is 0 Å². The van der Waals surface area contributed by atoms with E-state index < -0.39 is 0 Å². The zero-order valence-corrected chi connectivity index (χ0v) is 15.1. The Morgan fingerprint density at radius 2 is 1.56 bits per heavy atom. The van der Waals surface area contributed by atoms with Gasteiger partial charge in [0.1, 0.15) is 11.5 Å². The second kappa shape index (κ2) is 5.04. The minimum Gasteiger partial charge on any atom is -0.497 e. The summed E-state index contributed by atoms with van der Waals surface area (Å²) in [7, 11) is 3.45. The van der Waals surface area contributed by atoms with Crippen LogP contribution in [0.3, 0.4) is 0 Å². The molecule has 0 atom stereocenters. The second-order valence-corrected chi connectivity index (χ2v) is 6.97. The lowest BCUT2D eigenvalue weighted by molar-refractivity contribution is 0.415. The molecule has 0 aliphatic heterocycles. The molecule has 0 amide bonds. The van der Waals surface area contributed by atoms with Crippen LogP contribution >= 0.6 is 0 Å². The molecule has 0 saturated carbocycles. The van der Waals surface area contributed by atoms with E-state index >= 15 is 0 Å². The van der Waals surface area contributed by atoms with Crippen molar-refractivity contribution in [3.05, 3.63) is 66.7 Å². The highest BCUT2D eigenvalue weighted by Crippen LogP contribution is 2.44. The van der Waals surface area contributed by atoms with Crippen LogP contribution in [0.1, 0.15) is 0 Å². The number of fused-ring (bicyclic) bond motifs is 7. The second-order valence-electron chi connectivity index (χ2n) is 6.97. The van der Waals surface area contributed by atoms with Crippen molar-refractivity contribution in [2.45, 2.75) is 0 Å². The quantitative estimate of drug-likeness (QED) is 0.381. The Kier molecular flexibility index (Phi) is 2.74. The van der Waals surface area contributed by atoms with Crippen LogP contribution in [0, 0.1) is 0 Å². The van der Waals surface area contributed by atoms with Crippen molar-refractivity contribution >= 4 is 48.9 Å². The SMILES string of the molecule is COc1ccc2cc3c4ccc(OC)c5c6ccccc6n(c3cc2c1)c45. The fourth-order valence-electron chi connectivity index (χ4n) is 4.49. The number of para-hydroxylation sites is 1. The van der Waals surface area contributed by atoms with Crippen LogP contribution in [-0.4, -0.2) is 18.6 Å². The van der Waals surface area contributed by atoms with Gasteiger partial charge in [-0.05, 0) is 53.2 Å². The molecule has 0 aliphatic carbocycles. The minimum atomic E-state index is 0.877. The van der Waals surface area contributed by atoms with Gasteiger partial charge in [-0.3, -0.25) is 0 Å². The van der Waals surface area contributed by atoms with Crippen LogP contribution < -0.4 is 9.47 Å². The molecule has 6 rings (SSSR count). The number of nitrogens with zero attached hydrogens (tertiary/aromatic N) is 1. The van der Waals surface area contributed by atoms with Crippen LogP contribution in [0.15, 0.2) is 66.7 Å². The van der Waals surface area contributed by atoms with Gasteiger partial charge < -0.3 is 13.9 Å². The van der Waals surface area contributed by atoms with Gasteiger partial charge in [-0.15, -0.1) is 0 Å². The highest BCUT2D eigenvalue weighted by atomic mass is 16.5. The Hall–Kier alpha value is -3.46. The van der Waals surface area contributed by atoms with E-state index in [1.54, 1.807) is 14.2 Å². The zero-order chi connectivity index (χ0) is 18.1. The summed E-state index contributed by atoms with van der Waals surface area (Å²) in [6.07, 6.45) is 0. The zero-order valence-electron chi connectivity index (χ0n) is 15.1. The third kappa shape index (κ3) is 1.76. The summed E-state index contributed by atoms with van der Waals surface area (Å²) >= 11 is 0. The number of hydrogen-bond acceptors (Lipinski definition) is 2. The van der Waals surface area contributed by atoms with Crippen molar-refractivity contribution in [1.82, 2.24) is 4.40 Å². The Morgan fingerprint density at radius 1 is 0.667 bits per heavy atom. The van der Waals surface area contributed by atoms with Crippen molar-refractivity contribution in [1.29, 1.82) is 0 Å². The van der Waals surface area contributed by atoms with E-state index in [4.69, 9.17) is 9.47 Å². The van der Waals surface area contributed by atoms with Gasteiger partial charge in [-0.1, -0.05) is 24.3 Å². The molecule has 4 aromatic carbocycles. The summed E-state index contributed by atoms with van der Waals surface area (Å²) in [6, 6.07) is 23.6. The van der Waals surface area contributed by atoms with Gasteiger partial charge in [-0.25, -0.2) is 0 Å². The highest BCUT2D eigenvalue weighted by Gasteiger charge is 2.20. The lowest BCUT2D eigenvalue weighted by Gasteiger charge is -2.05. The van der Waals surface area contributed by atoms with E-state index in [0.717, 1.165) is 11.5 Å². The average Bonchev–Trinajstić information content (AvgIpc) is 3.23. The predicted octanol–water partition coefficient (Wildman–Crippen LogP) is 6.01. The number of rotatable bonds is 2. The molecule has 0 bridgehead atoms. The first kappa shape index (κ1) is 14.7. The van der Waals surface area contributed by atoms with Crippen LogP contribution in [0.4, 0.5) is 0 Å². The average molecular weight is 351 g/mol. The lowest BCUT2D eigenvalue weighted by Crippen LogP contribution is -1.84. The Labute approximate surface area is 155 Å². The van der Waals surface area contributed by atoms with Gasteiger partial charge >= 0.3 is 0 Å². The third-order valence-electron chi connectivity index (χ3n) is 5.69. The molecule has 6 aromatic rings. The fourth-order valence-corrected chi connectivity index (χ4v) is 4.49. The molecule has 0 N–H and O–H groups in total. The van der Waals surface area contributed by atoms with Gasteiger partial charge in [0.25, 0.3) is 0 Å². The number of benzene rings is 4. The molecular weight excluding hydrogens is 334 g/mol. The number of ether oxygens (including phenoxy) is 2. The molecule has 0 aliphatic rings. The number of aromatic nitrogens is 1. The topological polar surface area (TPSA) is 22.9 Å². The van der Waals surface area contributed by atoms with Crippen LogP contribution in [0.25, 0.3) is 48.9 Å². The number of methoxy groups -OCH3 is 2. The Bertz CT molecular complexity index is 1490. The fraction of sp³-hybridized carbons (Fsp3) is 0.0833. The number of hydrogen-bond donors (Lipinski definition) is 0. The first-order chi connectivity index (χ1) is 13.3. The molecule has 0 saturated heterocycles.